The summed E-state index contributed by atoms with van der Waals surface area (Å²) < 4.78 is 0. The lowest BCUT2D eigenvalue weighted by molar-refractivity contribution is 0.101. The lowest BCUT2D eigenvalue weighted by atomic mass is 9.86. The van der Waals surface area contributed by atoms with Crippen molar-refractivity contribution in [2.24, 2.45) is 0 Å². The van der Waals surface area contributed by atoms with Crippen molar-refractivity contribution in [3.8, 4) is 11.5 Å². The molecule has 0 aromatic heterocycles. The van der Waals surface area contributed by atoms with E-state index < -0.39 is 0 Å². The number of hydrogen-bond donors (Lipinski definition) is 4. The van der Waals surface area contributed by atoms with Gasteiger partial charge in [0.25, 0.3) is 11.8 Å². The molecular formula is C35H38N2O4. The topological polar surface area (TPSA) is 98.7 Å². The molecule has 0 aliphatic rings. The van der Waals surface area contributed by atoms with Crippen LogP contribution in [0.15, 0.2) is 84.9 Å². The van der Waals surface area contributed by atoms with Gasteiger partial charge in [0.15, 0.2) is 0 Å². The van der Waals surface area contributed by atoms with Crippen LogP contribution >= 0.6 is 0 Å². The van der Waals surface area contributed by atoms with Crippen LogP contribution in [-0.2, 0) is 17.3 Å². The van der Waals surface area contributed by atoms with E-state index in [0.717, 1.165) is 22.3 Å². The maximum Gasteiger partial charge on any atom is 0.255 e. The normalized spacial score (nSPS) is 11.7. The zero-order valence-electron chi connectivity index (χ0n) is 24.5. The molecule has 0 aliphatic carbocycles. The molecule has 2 amide bonds. The van der Waals surface area contributed by atoms with Gasteiger partial charge in [0, 0.05) is 11.1 Å². The van der Waals surface area contributed by atoms with Crippen molar-refractivity contribution < 1.29 is 19.8 Å². The minimum absolute atomic E-state index is 0.00687. The average Bonchev–Trinajstić information content (AvgIpc) is 2.91. The molecule has 0 bridgehead atoms. The molecule has 6 heteroatoms. The highest BCUT2D eigenvalue weighted by atomic mass is 16.3. The lowest BCUT2D eigenvalue weighted by Gasteiger charge is -2.19. The van der Waals surface area contributed by atoms with Gasteiger partial charge in [0.2, 0.25) is 0 Å². The number of phenolic OH excluding ortho intramolecular Hbond substituents is 2. The number of phenols is 2. The highest BCUT2D eigenvalue weighted by molar-refractivity contribution is 6.05. The molecule has 4 aromatic rings. The molecule has 0 spiro atoms. The van der Waals surface area contributed by atoms with Crippen LogP contribution in [0.4, 0.5) is 11.4 Å². The molecule has 4 rings (SSSR count). The summed E-state index contributed by atoms with van der Waals surface area (Å²) in [5, 5.41) is 26.7. The van der Waals surface area contributed by atoms with Crippen molar-refractivity contribution >= 4 is 23.2 Å². The summed E-state index contributed by atoms with van der Waals surface area (Å²) in [7, 11) is 0. The highest BCUT2D eigenvalue weighted by Crippen LogP contribution is 2.30. The van der Waals surface area contributed by atoms with E-state index in [1.165, 1.54) is 0 Å². The average molecular weight is 551 g/mol. The molecular weight excluding hydrogens is 512 g/mol. The quantitative estimate of drug-likeness (QED) is 0.184. The maximum absolute atomic E-state index is 12.7. The van der Waals surface area contributed by atoms with Crippen molar-refractivity contribution in [3.63, 3.8) is 0 Å². The molecule has 212 valence electrons. The second kappa shape index (κ2) is 11.5. The Kier molecular flexibility index (Phi) is 8.24. The summed E-state index contributed by atoms with van der Waals surface area (Å²) in [5.41, 5.74) is 5.49. The number of rotatable bonds is 6. The van der Waals surface area contributed by atoms with E-state index in [1.54, 1.807) is 48.5 Å². The molecule has 4 N–H and O–H groups in total. The van der Waals surface area contributed by atoms with Crippen LogP contribution in [0.3, 0.4) is 0 Å². The molecule has 41 heavy (non-hydrogen) atoms. The first-order valence-electron chi connectivity index (χ1n) is 13.7. The van der Waals surface area contributed by atoms with E-state index in [-0.39, 0.29) is 34.1 Å². The van der Waals surface area contributed by atoms with Crippen molar-refractivity contribution in [2.45, 2.75) is 58.8 Å². The maximum atomic E-state index is 12.7. The van der Waals surface area contributed by atoms with Crippen LogP contribution in [-0.4, -0.2) is 22.0 Å². The van der Waals surface area contributed by atoms with Crippen LogP contribution in [0.5, 0.6) is 11.5 Å². The summed E-state index contributed by atoms with van der Waals surface area (Å²) >= 11 is 0. The molecule has 0 saturated carbocycles. The van der Waals surface area contributed by atoms with Crippen molar-refractivity contribution in [3.05, 3.63) is 118 Å². The monoisotopic (exact) mass is 550 g/mol. The summed E-state index contributed by atoms with van der Waals surface area (Å²) in [6.07, 6.45) is 0.437. The van der Waals surface area contributed by atoms with E-state index in [2.05, 4.69) is 52.2 Å². The van der Waals surface area contributed by atoms with E-state index >= 15 is 0 Å². The number of nitrogens with one attached hydrogen (secondary N) is 2. The van der Waals surface area contributed by atoms with Crippen LogP contribution in [0.25, 0.3) is 0 Å². The van der Waals surface area contributed by atoms with Crippen LogP contribution < -0.4 is 10.6 Å². The van der Waals surface area contributed by atoms with E-state index in [0.29, 0.717) is 28.9 Å². The van der Waals surface area contributed by atoms with E-state index in [1.807, 2.05) is 36.4 Å². The Labute approximate surface area is 242 Å². The minimum atomic E-state index is -0.304. The van der Waals surface area contributed by atoms with E-state index in [4.69, 9.17) is 0 Å². The zero-order chi connectivity index (χ0) is 29.9. The van der Waals surface area contributed by atoms with Gasteiger partial charge in [-0.25, -0.2) is 0 Å². The summed E-state index contributed by atoms with van der Waals surface area (Å²) in [6.45, 7) is 12.7. The molecule has 4 aromatic carbocycles. The fourth-order valence-electron chi connectivity index (χ4n) is 4.45. The van der Waals surface area contributed by atoms with Gasteiger partial charge in [0.05, 0.1) is 11.4 Å². The number of benzene rings is 4. The Balaban J connectivity index is 1.39. The van der Waals surface area contributed by atoms with Crippen LogP contribution in [0, 0.1) is 0 Å². The first-order chi connectivity index (χ1) is 19.2. The number of hydrogen-bond acceptors (Lipinski definition) is 4. The Morgan fingerprint density at radius 2 is 0.902 bits per heavy atom. The smallest absolute Gasteiger partial charge is 0.255 e. The fourth-order valence-corrected chi connectivity index (χ4v) is 4.45. The Hall–Kier alpha value is -4.58. The first kappa shape index (κ1) is 29.4. The Morgan fingerprint density at radius 1 is 0.561 bits per heavy atom. The highest BCUT2D eigenvalue weighted by Gasteiger charge is 2.17. The van der Waals surface area contributed by atoms with Gasteiger partial charge in [-0.2, -0.15) is 0 Å². The predicted molar refractivity (Wildman–Crippen MR) is 165 cm³/mol. The summed E-state index contributed by atoms with van der Waals surface area (Å²) in [4.78, 5) is 25.4. The van der Waals surface area contributed by atoms with Crippen molar-refractivity contribution in [1.82, 2.24) is 0 Å². The molecule has 0 fully saturated rings. The van der Waals surface area contributed by atoms with E-state index in [9.17, 15) is 19.8 Å². The van der Waals surface area contributed by atoms with Gasteiger partial charge in [-0.1, -0.05) is 77.9 Å². The number of carbonyl (C=O) groups is 2. The zero-order valence-corrected chi connectivity index (χ0v) is 24.5. The third-order valence-corrected chi connectivity index (χ3v) is 7.06. The molecule has 0 saturated heterocycles. The number of anilines is 2. The number of amides is 2. The number of carbonyl (C=O) groups excluding carboxylic acids is 2. The summed E-state index contributed by atoms with van der Waals surface area (Å²) in [5.74, 6) is -0.706. The van der Waals surface area contributed by atoms with Gasteiger partial charge in [0.1, 0.15) is 11.5 Å². The third-order valence-electron chi connectivity index (χ3n) is 7.06. The van der Waals surface area contributed by atoms with Crippen LogP contribution in [0.2, 0.25) is 0 Å². The standard InChI is InChI=1S/C35H38N2O4/c1-34(2,3)26-13-9-24(10-14-26)32(40)36-28-17-7-22(20-30(28)38)19-23-8-18-29(31(39)21-23)37-33(41)25-11-15-27(16-12-25)35(4,5)6/h7-18,20-21,38-39H,19H2,1-6H3,(H,36,40)(H,37,41). The summed E-state index contributed by atoms with van der Waals surface area (Å²) in [6, 6.07) is 25.0. The molecule has 0 aliphatic heterocycles. The van der Waals surface area contributed by atoms with Crippen molar-refractivity contribution in [2.75, 3.05) is 10.6 Å². The van der Waals surface area contributed by atoms with Gasteiger partial charge in [-0.15, -0.1) is 0 Å². The number of aromatic hydroxyl groups is 2. The predicted octanol–water partition coefficient (Wildman–Crippen LogP) is 7.79. The molecule has 0 radical (unpaired) electrons. The molecule has 6 nitrogen and oxygen atoms in total. The SMILES string of the molecule is CC(C)(C)c1ccc(C(=O)Nc2ccc(Cc3ccc(NC(=O)c4ccc(C(C)(C)C)cc4)c(O)c3)cc2O)cc1. The second-order valence-corrected chi connectivity index (χ2v) is 12.4. The van der Waals surface area contributed by atoms with Gasteiger partial charge >= 0.3 is 0 Å². The van der Waals surface area contributed by atoms with Crippen LogP contribution in [0.1, 0.15) is 84.5 Å². The van der Waals surface area contributed by atoms with Gasteiger partial charge in [-0.05, 0) is 88.0 Å². The first-order valence-corrected chi connectivity index (χ1v) is 13.7. The Bertz CT molecular complexity index is 1440. The minimum Gasteiger partial charge on any atom is -0.506 e. The molecule has 0 atom stereocenters. The largest absolute Gasteiger partial charge is 0.506 e. The fraction of sp³-hybridized carbons (Fsp3) is 0.257. The molecule has 0 heterocycles. The Morgan fingerprint density at radius 3 is 1.20 bits per heavy atom. The molecule has 0 unspecified atom stereocenters. The lowest BCUT2D eigenvalue weighted by Crippen LogP contribution is -2.14. The second-order valence-electron chi connectivity index (χ2n) is 12.4. The van der Waals surface area contributed by atoms with Crippen molar-refractivity contribution in [1.29, 1.82) is 0 Å². The van der Waals surface area contributed by atoms with Gasteiger partial charge < -0.3 is 20.8 Å². The third kappa shape index (κ3) is 7.34. The van der Waals surface area contributed by atoms with Gasteiger partial charge in [-0.3, -0.25) is 9.59 Å².